The molecule has 0 spiro atoms. The minimum Gasteiger partial charge on any atom is -0.207 e. The molecule has 0 bridgehead atoms. The molecule has 0 amide bonds. The third-order valence-electron chi connectivity index (χ3n) is 3.29. The molecule has 0 aliphatic rings. The predicted octanol–water partition coefficient (Wildman–Crippen LogP) is 3.64. The molecule has 0 aliphatic heterocycles. The van der Waals surface area contributed by atoms with E-state index in [1.54, 1.807) is 24.3 Å². The number of alkyl halides is 1. The van der Waals surface area contributed by atoms with E-state index in [0.29, 0.717) is 18.7 Å². The van der Waals surface area contributed by atoms with Crippen LogP contribution in [0.4, 0.5) is 0 Å². The van der Waals surface area contributed by atoms with Crippen LogP contribution in [-0.4, -0.2) is 19.3 Å². The molecular formula is C16H18ClNO2S. The first-order chi connectivity index (χ1) is 10.1. The quantitative estimate of drug-likeness (QED) is 0.761. The van der Waals surface area contributed by atoms with Crippen LogP contribution in [-0.2, 0) is 22.4 Å². The monoisotopic (exact) mass is 323 g/mol. The number of sulfonamides is 1. The zero-order valence-corrected chi connectivity index (χ0v) is 13.4. The summed E-state index contributed by atoms with van der Waals surface area (Å²) in [5, 5.41) is 0. The largest absolute Gasteiger partial charge is 0.243 e. The Bertz CT molecular complexity index is 686. The minimum atomic E-state index is -3.54. The molecule has 0 saturated heterocycles. The lowest BCUT2D eigenvalue weighted by molar-refractivity contribution is 0.423. The molecular weight excluding hydrogens is 306 g/mol. The van der Waals surface area contributed by atoms with Gasteiger partial charge in [-0.2, -0.15) is 4.31 Å². The van der Waals surface area contributed by atoms with E-state index >= 15 is 0 Å². The Morgan fingerprint density at radius 2 is 1.62 bits per heavy atom. The molecule has 112 valence electrons. The van der Waals surface area contributed by atoms with Crippen molar-refractivity contribution in [1.82, 2.24) is 4.31 Å². The molecule has 3 nitrogen and oxygen atoms in total. The lowest BCUT2D eigenvalue weighted by Crippen LogP contribution is -2.31. The second kappa shape index (κ2) is 7.07. The summed E-state index contributed by atoms with van der Waals surface area (Å²) in [5.41, 5.74) is 1.59. The molecule has 0 radical (unpaired) electrons. The number of benzene rings is 2. The fourth-order valence-electron chi connectivity index (χ4n) is 2.16. The minimum absolute atomic E-state index is 0.179. The van der Waals surface area contributed by atoms with Gasteiger partial charge in [-0.3, -0.25) is 0 Å². The van der Waals surface area contributed by atoms with E-state index in [-0.39, 0.29) is 10.8 Å². The summed E-state index contributed by atoms with van der Waals surface area (Å²) in [7, 11) is -3.54. The van der Waals surface area contributed by atoms with Crippen molar-refractivity contribution in [2.75, 3.05) is 6.54 Å². The molecule has 0 atom stereocenters. The number of nitrogens with zero attached hydrogens (tertiary/aromatic N) is 1. The maximum Gasteiger partial charge on any atom is 0.243 e. The van der Waals surface area contributed by atoms with Gasteiger partial charge < -0.3 is 0 Å². The van der Waals surface area contributed by atoms with Crippen molar-refractivity contribution < 1.29 is 8.42 Å². The topological polar surface area (TPSA) is 37.4 Å². The third-order valence-corrected chi connectivity index (χ3v) is 5.60. The van der Waals surface area contributed by atoms with E-state index in [9.17, 15) is 8.42 Å². The first-order valence-corrected chi connectivity index (χ1v) is 8.75. The van der Waals surface area contributed by atoms with Gasteiger partial charge >= 0.3 is 0 Å². The Labute approximate surface area is 131 Å². The van der Waals surface area contributed by atoms with Gasteiger partial charge in [0, 0.05) is 19.0 Å². The fourth-order valence-corrected chi connectivity index (χ4v) is 4.13. The highest BCUT2D eigenvalue weighted by Crippen LogP contribution is 2.23. The number of hydrogen-bond acceptors (Lipinski definition) is 2. The molecule has 0 fully saturated rings. The van der Waals surface area contributed by atoms with E-state index in [2.05, 4.69) is 0 Å². The van der Waals surface area contributed by atoms with Gasteiger partial charge in [0.1, 0.15) is 0 Å². The summed E-state index contributed by atoms with van der Waals surface area (Å²) in [5.74, 6) is 0.179. The summed E-state index contributed by atoms with van der Waals surface area (Å²) in [4.78, 5) is 0.290. The molecule has 2 aromatic rings. The van der Waals surface area contributed by atoms with Gasteiger partial charge in [0.2, 0.25) is 10.0 Å². The number of rotatable bonds is 6. The summed E-state index contributed by atoms with van der Waals surface area (Å²) in [6, 6.07) is 16.4. The van der Waals surface area contributed by atoms with Crippen LogP contribution in [0.5, 0.6) is 0 Å². The predicted molar refractivity (Wildman–Crippen MR) is 85.7 cm³/mol. The molecule has 2 rings (SSSR count). The van der Waals surface area contributed by atoms with Crippen molar-refractivity contribution in [3.05, 3.63) is 65.7 Å². The Morgan fingerprint density at radius 1 is 1.00 bits per heavy atom. The Hall–Kier alpha value is -1.36. The lowest BCUT2D eigenvalue weighted by Gasteiger charge is -2.22. The Morgan fingerprint density at radius 3 is 2.24 bits per heavy atom. The lowest BCUT2D eigenvalue weighted by atomic mass is 10.2. The molecule has 0 saturated carbocycles. The fraction of sp³-hybridized carbons (Fsp3) is 0.250. The molecule has 0 unspecified atom stereocenters. The van der Waals surface area contributed by atoms with Crippen LogP contribution in [0.25, 0.3) is 0 Å². The zero-order valence-electron chi connectivity index (χ0n) is 11.9. The van der Waals surface area contributed by atoms with Crippen molar-refractivity contribution in [3.63, 3.8) is 0 Å². The van der Waals surface area contributed by atoms with Gasteiger partial charge in [-0.1, -0.05) is 55.5 Å². The molecule has 2 aromatic carbocycles. The highest BCUT2D eigenvalue weighted by Gasteiger charge is 2.25. The van der Waals surface area contributed by atoms with Gasteiger partial charge in [0.25, 0.3) is 0 Å². The summed E-state index contributed by atoms with van der Waals surface area (Å²) in [6.07, 6.45) is 0. The van der Waals surface area contributed by atoms with Crippen LogP contribution in [0.1, 0.15) is 18.1 Å². The molecule has 0 aromatic heterocycles. The van der Waals surface area contributed by atoms with Crippen molar-refractivity contribution in [2.45, 2.75) is 24.2 Å². The van der Waals surface area contributed by atoms with Gasteiger partial charge in [-0.25, -0.2) is 8.42 Å². The highest BCUT2D eigenvalue weighted by molar-refractivity contribution is 7.89. The van der Waals surface area contributed by atoms with E-state index in [4.69, 9.17) is 11.6 Å². The van der Waals surface area contributed by atoms with Crippen LogP contribution in [0.2, 0.25) is 0 Å². The highest BCUT2D eigenvalue weighted by atomic mass is 35.5. The maximum absolute atomic E-state index is 12.8. The van der Waals surface area contributed by atoms with Crippen LogP contribution in [0.15, 0.2) is 59.5 Å². The van der Waals surface area contributed by atoms with Gasteiger partial charge in [0.15, 0.2) is 0 Å². The summed E-state index contributed by atoms with van der Waals surface area (Å²) < 4.78 is 27.1. The molecule has 0 heterocycles. The first kappa shape index (κ1) is 16.0. The smallest absolute Gasteiger partial charge is 0.207 e. The molecule has 0 aliphatic carbocycles. The zero-order chi connectivity index (χ0) is 15.3. The van der Waals surface area contributed by atoms with Crippen LogP contribution < -0.4 is 0 Å². The van der Waals surface area contributed by atoms with Gasteiger partial charge in [0.05, 0.1) is 4.90 Å². The van der Waals surface area contributed by atoms with E-state index in [0.717, 1.165) is 5.56 Å². The van der Waals surface area contributed by atoms with Crippen LogP contribution in [0, 0.1) is 0 Å². The van der Waals surface area contributed by atoms with Crippen molar-refractivity contribution in [1.29, 1.82) is 0 Å². The average Bonchev–Trinajstić information content (AvgIpc) is 2.53. The molecule has 21 heavy (non-hydrogen) atoms. The van der Waals surface area contributed by atoms with Crippen molar-refractivity contribution in [2.24, 2.45) is 0 Å². The second-order valence-corrected chi connectivity index (χ2v) is 6.83. The molecule has 0 N–H and O–H groups in total. The Balaban J connectivity index is 2.36. The van der Waals surface area contributed by atoms with E-state index in [1.165, 1.54) is 4.31 Å². The second-order valence-electron chi connectivity index (χ2n) is 4.66. The Kier molecular flexibility index (Phi) is 5.39. The third kappa shape index (κ3) is 3.64. The summed E-state index contributed by atoms with van der Waals surface area (Å²) >= 11 is 5.86. The number of halogens is 1. The average molecular weight is 324 g/mol. The van der Waals surface area contributed by atoms with Gasteiger partial charge in [-0.15, -0.1) is 11.6 Å². The van der Waals surface area contributed by atoms with Crippen LogP contribution in [0.3, 0.4) is 0 Å². The van der Waals surface area contributed by atoms with Gasteiger partial charge in [-0.05, 0) is 17.2 Å². The van der Waals surface area contributed by atoms with E-state index in [1.807, 2.05) is 37.3 Å². The molecule has 5 heteroatoms. The number of hydrogen-bond donors (Lipinski definition) is 0. The van der Waals surface area contributed by atoms with Crippen molar-refractivity contribution in [3.8, 4) is 0 Å². The van der Waals surface area contributed by atoms with Crippen molar-refractivity contribution >= 4 is 21.6 Å². The standard InChI is InChI=1S/C16H18ClNO2S/c1-2-18(13-14-8-4-3-5-9-14)21(19,20)16-11-7-6-10-15(16)12-17/h3-11H,2,12-13H2,1H3. The maximum atomic E-state index is 12.8. The SMILES string of the molecule is CCN(Cc1ccccc1)S(=O)(=O)c1ccccc1CCl. The van der Waals surface area contributed by atoms with E-state index < -0.39 is 10.0 Å². The normalized spacial score (nSPS) is 11.8. The van der Waals surface area contributed by atoms with Crippen LogP contribution >= 0.6 is 11.6 Å². The first-order valence-electron chi connectivity index (χ1n) is 6.77. The summed E-state index contributed by atoms with van der Waals surface area (Å²) in [6.45, 7) is 2.61.